The molecule has 4 heteroatoms. The van der Waals surface area contributed by atoms with E-state index < -0.39 is 0 Å². The van der Waals surface area contributed by atoms with Crippen molar-refractivity contribution in [1.82, 2.24) is 20.1 Å². The first-order valence-electron chi connectivity index (χ1n) is 6.52. The molecule has 17 heavy (non-hydrogen) atoms. The maximum Gasteiger partial charge on any atom is 0.147 e. The van der Waals surface area contributed by atoms with Gasteiger partial charge in [0, 0.05) is 19.5 Å². The third-order valence-corrected chi connectivity index (χ3v) is 3.12. The molecule has 0 aromatic carbocycles. The van der Waals surface area contributed by atoms with E-state index in [-0.39, 0.29) is 0 Å². The van der Waals surface area contributed by atoms with Gasteiger partial charge in [-0.1, -0.05) is 18.1 Å². The zero-order valence-electron chi connectivity index (χ0n) is 10.9. The van der Waals surface area contributed by atoms with Crippen molar-refractivity contribution in [2.45, 2.75) is 52.6 Å². The fourth-order valence-electron chi connectivity index (χ4n) is 2.14. The van der Waals surface area contributed by atoms with Crippen molar-refractivity contribution in [2.24, 2.45) is 0 Å². The standard InChI is InChI=1S/C13H22N4/c1-11(2)7-8-14-10-13-16-15-12-6-4-3-5-9-17(12)13/h7,14H,3-6,8-10H2,1-2H3. The summed E-state index contributed by atoms with van der Waals surface area (Å²) in [4.78, 5) is 0. The van der Waals surface area contributed by atoms with E-state index in [4.69, 9.17) is 0 Å². The van der Waals surface area contributed by atoms with Crippen LogP contribution in [0.2, 0.25) is 0 Å². The van der Waals surface area contributed by atoms with E-state index in [0.717, 1.165) is 31.9 Å². The minimum atomic E-state index is 0.816. The van der Waals surface area contributed by atoms with Gasteiger partial charge in [-0.2, -0.15) is 0 Å². The van der Waals surface area contributed by atoms with Gasteiger partial charge in [-0.15, -0.1) is 10.2 Å². The van der Waals surface area contributed by atoms with E-state index in [9.17, 15) is 0 Å². The average molecular weight is 234 g/mol. The smallest absolute Gasteiger partial charge is 0.147 e. The first-order valence-corrected chi connectivity index (χ1v) is 6.52. The Morgan fingerprint density at radius 2 is 2.18 bits per heavy atom. The molecule has 0 bridgehead atoms. The zero-order chi connectivity index (χ0) is 12.1. The Bertz CT molecular complexity index is 388. The van der Waals surface area contributed by atoms with Crippen molar-refractivity contribution >= 4 is 0 Å². The Balaban J connectivity index is 1.92. The van der Waals surface area contributed by atoms with Crippen LogP contribution >= 0.6 is 0 Å². The zero-order valence-corrected chi connectivity index (χ0v) is 10.9. The molecule has 2 rings (SSSR count). The Morgan fingerprint density at radius 3 is 3.00 bits per heavy atom. The summed E-state index contributed by atoms with van der Waals surface area (Å²) in [6, 6.07) is 0. The fourth-order valence-corrected chi connectivity index (χ4v) is 2.14. The summed E-state index contributed by atoms with van der Waals surface area (Å²) >= 11 is 0. The molecule has 2 heterocycles. The number of rotatable bonds is 4. The van der Waals surface area contributed by atoms with Crippen LogP contribution in [0.1, 0.15) is 44.8 Å². The average Bonchev–Trinajstić information content (AvgIpc) is 2.54. The van der Waals surface area contributed by atoms with Crippen LogP contribution in [0.3, 0.4) is 0 Å². The largest absolute Gasteiger partial charge is 0.314 e. The number of allylic oxidation sites excluding steroid dienone is 1. The van der Waals surface area contributed by atoms with Gasteiger partial charge in [-0.3, -0.25) is 0 Å². The lowest BCUT2D eigenvalue weighted by atomic mass is 10.2. The highest BCUT2D eigenvalue weighted by atomic mass is 15.3. The van der Waals surface area contributed by atoms with E-state index in [0.29, 0.717) is 0 Å². The maximum absolute atomic E-state index is 4.29. The molecule has 1 aliphatic rings. The van der Waals surface area contributed by atoms with Crippen molar-refractivity contribution in [2.75, 3.05) is 6.54 Å². The molecule has 1 N–H and O–H groups in total. The van der Waals surface area contributed by atoms with Crippen LogP contribution in [0.5, 0.6) is 0 Å². The number of nitrogens with zero attached hydrogens (tertiary/aromatic N) is 3. The van der Waals surface area contributed by atoms with Crippen LogP contribution in [0.15, 0.2) is 11.6 Å². The van der Waals surface area contributed by atoms with Crippen molar-refractivity contribution in [3.05, 3.63) is 23.3 Å². The number of nitrogens with one attached hydrogen (secondary N) is 1. The number of fused-ring (bicyclic) bond motifs is 1. The van der Waals surface area contributed by atoms with E-state index in [1.807, 2.05) is 0 Å². The summed E-state index contributed by atoms with van der Waals surface area (Å²) in [6.07, 6.45) is 7.10. The van der Waals surface area contributed by atoms with Crippen molar-refractivity contribution in [3.63, 3.8) is 0 Å². The first kappa shape index (κ1) is 12.3. The second-order valence-electron chi connectivity index (χ2n) is 4.91. The van der Waals surface area contributed by atoms with Crippen LogP contribution in [-0.2, 0) is 19.5 Å². The van der Waals surface area contributed by atoms with Crippen LogP contribution < -0.4 is 5.32 Å². The predicted molar refractivity (Wildman–Crippen MR) is 68.7 cm³/mol. The molecule has 0 radical (unpaired) electrons. The molecule has 0 fully saturated rings. The summed E-state index contributed by atoms with van der Waals surface area (Å²) in [5.74, 6) is 2.26. The molecular weight excluding hydrogens is 212 g/mol. The molecule has 0 amide bonds. The fraction of sp³-hybridized carbons (Fsp3) is 0.692. The summed E-state index contributed by atoms with van der Waals surface area (Å²) < 4.78 is 2.29. The SMILES string of the molecule is CC(C)=CCNCc1nnc2n1CCCCC2. The molecule has 1 aliphatic heterocycles. The quantitative estimate of drug-likeness (QED) is 0.640. The molecule has 1 aromatic rings. The lowest BCUT2D eigenvalue weighted by molar-refractivity contribution is 0.584. The third kappa shape index (κ3) is 3.40. The first-order chi connectivity index (χ1) is 8.27. The molecular formula is C13H22N4. The number of aromatic nitrogens is 3. The van der Waals surface area contributed by atoms with Gasteiger partial charge in [0.2, 0.25) is 0 Å². The molecule has 0 spiro atoms. The number of hydrogen-bond acceptors (Lipinski definition) is 3. The maximum atomic E-state index is 4.29. The van der Waals surface area contributed by atoms with Gasteiger partial charge >= 0.3 is 0 Å². The number of hydrogen-bond donors (Lipinski definition) is 1. The highest BCUT2D eigenvalue weighted by Crippen LogP contribution is 2.14. The molecule has 4 nitrogen and oxygen atoms in total. The molecule has 0 aliphatic carbocycles. The third-order valence-electron chi connectivity index (χ3n) is 3.12. The molecule has 0 atom stereocenters. The van der Waals surface area contributed by atoms with E-state index in [1.165, 1.54) is 30.7 Å². The second kappa shape index (κ2) is 5.96. The Kier molecular flexibility index (Phi) is 4.31. The molecule has 94 valence electrons. The lowest BCUT2D eigenvalue weighted by Gasteiger charge is -2.07. The van der Waals surface area contributed by atoms with Gasteiger partial charge in [-0.25, -0.2) is 0 Å². The minimum Gasteiger partial charge on any atom is -0.314 e. The lowest BCUT2D eigenvalue weighted by Crippen LogP contribution is -2.17. The Labute approximate surface area is 103 Å². The van der Waals surface area contributed by atoms with Crippen molar-refractivity contribution < 1.29 is 0 Å². The molecule has 0 saturated carbocycles. The normalized spacial score (nSPS) is 15.2. The monoisotopic (exact) mass is 234 g/mol. The van der Waals surface area contributed by atoms with Gasteiger partial charge in [0.05, 0.1) is 6.54 Å². The van der Waals surface area contributed by atoms with Gasteiger partial charge in [-0.05, 0) is 26.7 Å². The number of aryl methyl sites for hydroxylation is 1. The topological polar surface area (TPSA) is 42.7 Å². The Hall–Kier alpha value is -1.16. The van der Waals surface area contributed by atoms with Gasteiger partial charge in [0.25, 0.3) is 0 Å². The Morgan fingerprint density at radius 1 is 1.29 bits per heavy atom. The van der Waals surface area contributed by atoms with E-state index >= 15 is 0 Å². The summed E-state index contributed by atoms with van der Waals surface area (Å²) in [6.45, 7) is 7.04. The van der Waals surface area contributed by atoms with E-state index in [1.54, 1.807) is 0 Å². The van der Waals surface area contributed by atoms with Crippen LogP contribution in [-0.4, -0.2) is 21.3 Å². The van der Waals surface area contributed by atoms with Crippen molar-refractivity contribution in [3.8, 4) is 0 Å². The van der Waals surface area contributed by atoms with Crippen molar-refractivity contribution in [1.29, 1.82) is 0 Å². The summed E-state index contributed by atoms with van der Waals surface area (Å²) in [5, 5.41) is 12.0. The van der Waals surface area contributed by atoms with Crippen LogP contribution in [0.25, 0.3) is 0 Å². The van der Waals surface area contributed by atoms with Gasteiger partial charge < -0.3 is 9.88 Å². The molecule has 0 unspecified atom stereocenters. The molecule has 1 aromatic heterocycles. The highest BCUT2D eigenvalue weighted by Gasteiger charge is 2.13. The highest BCUT2D eigenvalue weighted by molar-refractivity contribution is 4.99. The van der Waals surface area contributed by atoms with Gasteiger partial charge in [0.15, 0.2) is 0 Å². The molecule has 0 saturated heterocycles. The summed E-state index contributed by atoms with van der Waals surface area (Å²) in [7, 11) is 0. The van der Waals surface area contributed by atoms with Crippen LogP contribution in [0, 0.1) is 0 Å². The minimum absolute atomic E-state index is 0.816. The van der Waals surface area contributed by atoms with E-state index in [2.05, 4.69) is 40.0 Å². The van der Waals surface area contributed by atoms with Gasteiger partial charge in [0.1, 0.15) is 11.6 Å². The predicted octanol–water partition coefficient (Wildman–Crippen LogP) is 2.06. The summed E-state index contributed by atoms with van der Waals surface area (Å²) in [5.41, 5.74) is 1.34. The van der Waals surface area contributed by atoms with Crippen LogP contribution in [0.4, 0.5) is 0 Å². The second-order valence-corrected chi connectivity index (χ2v) is 4.91.